The van der Waals surface area contributed by atoms with Crippen LogP contribution in [0.4, 0.5) is 9.80 Å². The monoisotopic (exact) mass is 741 g/mol. The van der Waals surface area contributed by atoms with Gasteiger partial charge >= 0.3 is 0 Å². The number of aliphatic hydroxyl groups excluding tert-OH is 1. The number of benzene rings is 3. The summed E-state index contributed by atoms with van der Waals surface area (Å²) >= 11 is 6.57. The number of halogens is 2. The van der Waals surface area contributed by atoms with Crippen molar-refractivity contribution in [3.63, 3.8) is 0 Å². The van der Waals surface area contributed by atoms with E-state index in [9.17, 15) is 14.7 Å². The van der Waals surface area contributed by atoms with Gasteiger partial charge in [-0.05, 0) is 73.1 Å². The van der Waals surface area contributed by atoms with E-state index in [2.05, 4.69) is 10.3 Å². The van der Waals surface area contributed by atoms with E-state index in [1.54, 1.807) is 59.3 Å². The highest BCUT2D eigenvalue weighted by molar-refractivity contribution is 6.72. The Bertz CT molecular complexity index is 2160. The van der Waals surface area contributed by atoms with Crippen molar-refractivity contribution in [3.05, 3.63) is 135 Å². The maximum Gasteiger partial charge on any atom is 0.297 e. The Balaban J connectivity index is 1.19. The van der Waals surface area contributed by atoms with Gasteiger partial charge in [-0.25, -0.2) is 0 Å². The van der Waals surface area contributed by atoms with Crippen molar-refractivity contribution in [2.45, 2.75) is 62.7 Å². The van der Waals surface area contributed by atoms with Crippen molar-refractivity contribution < 1.29 is 23.5 Å². The number of methoxy groups -OCH3 is 1. The first-order valence-electron chi connectivity index (χ1n) is 17.4. The van der Waals surface area contributed by atoms with Gasteiger partial charge in [0.05, 0.1) is 43.7 Å². The van der Waals surface area contributed by atoms with Crippen LogP contribution in [0.5, 0.6) is 5.75 Å². The Kier molecular flexibility index (Phi) is 9.68. The van der Waals surface area contributed by atoms with Crippen molar-refractivity contribution in [3.8, 4) is 11.4 Å². The second-order valence-corrected chi connectivity index (χ2v) is 18.3. The number of hydrogen-bond acceptors (Lipinski definition) is 7. The Morgan fingerprint density at radius 2 is 1.85 bits per heavy atom. The van der Waals surface area contributed by atoms with Gasteiger partial charge in [-0.3, -0.25) is 18.8 Å². The van der Waals surface area contributed by atoms with Crippen LogP contribution < -0.4 is 15.2 Å². The fourth-order valence-corrected chi connectivity index (χ4v) is 10.9. The average Bonchev–Trinajstić information content (AvgIpc) is 3.78. The molecule has 2 aromatic heterocycles. The van der Waals surface area contributed by atoms with Crippen LogP contribution in [0.1, 0.15) is 41.6 Å². The highest BCUT2D eigenvalue weighted by Gasteiger charge is 2.66. The molecule has 4 heterocycles. The Morgan fingerprint density at radius 3 is 2.58 bits per heavy atom. The summed E-state index contributed by atoms with van der Waals surface area (Å²) in [7, 11) is -1.96. The first kappa shape index (κ1) is 35.8. The van der Waals surface area contributed by atoms with Gasteiger partial charge in [-0.2, -0.15) is 0 Å². The zero-order valence-electron chi connectivity index (χ0n) is 29.4. The van der Waals surface area contributed by atoms with Gasteiger partial charge in [0.1, 0.15) is 0 Å². The number of pyridine rings is 1. The molecule has 270 valence electrons. The summed E-state index contributed by atoms with van der Waals surface area (Å²) in [6, 6.07) is 25.7. The molecular weight excluding hydrogens is 701 g/mol. The van der Waals surface area contributed by atoms with Gasteiger partial charge in [-0.1, -0.05) is 66.2 Å². The second-order valence-electron chi connectivity index (χ2n) is 14.1. The first-order valence-corrected chi connectivity index (χ1v) is 20.7. The van der Waals surface area contributed by atoms with E-state index in [4.69, 9.17) is 21.1 Å². The smallest absolute Gasteiger partial charge is 0.297 e. The van der Waals surface area contributed by atoms with E-state index in [1.807, 2.05) is 67.6 Å². The molecule has 1 saturated heterocycles. The Hall–Kier alpha value is -4.62. The number of hydrogen-bond donors (Lipinski definition) is 1. The molecule has 2 aliphatic rings. The molecule has 3 aromatic carbocycles. The van der Waals surface area contributed by atoms with Crippen LogP contribution in [-0.2, 0) is 28.2 Å². The molecular formula is C39H41ClFN5O5Si. The fraction of sp³-hybridized carbons (Fsp3) is 0.333. The zero-order chi connectivity index (χ0) is 36.8. The highest BCUT2D eigenvalue weighted by atomic mass is 35.5. The molecule has 0 radical (unpaired) electrons. The lowest BCUT2D eigenvalue weighted by Gasteiger charge is -2.31. The Morgan fingerprint density at radius 1 is 1.06 bits per heavy atom. The van der Waals surface area contributed by atoms with Gasteiger partial charge in [0, 0.05) is 46.7 Å². The van der Waals surface area contributed by atoms with Crippen molar-refractivity contribution >= 4 is 31.6 Å². The van der Waals surface area contributed by atoms with Gasteiger partial charge in [0.15, 0.2) is 11.4 Å². The summed E-state index contributed by atoms with van der Waals surface area (Å²) in [4.78, 5) is 29.6. The summed E-state index contributed by atoms with van der Waals surface area (Å²) in [5.41, 5.74) is 2.00. The summed E-state index contributed by atoms with van der Waals surface area (Å²) in [5.74, 6) is -0.879. The minimum atomic E-state index is -3.41. The quantitative estimate of drug-likeness (QED) is 0.120. The summed E-state index contributed by atoms with van der Waals surface area (Å²) < 4.78 is 31.8. The number of amides is 1. The standard InChI is InChI=1S/C39H41ClFN5O5Si/c1-25-36(52(3,4)41)34(17-19-44-23-32(42-43-44)30(24-47)27-11-6-5-7-12-27)51-39(25)31-21-28(40)15-16-33(31)46(38(39)49)22-26-10-8-13-29(20-26)45-18-9-14-35(50-2)37(45)48/h5-16,18,20-21,23,25,30,34,36,47H,17,19,22,24H2,1-4H3/t25-,30?,34+,36-,39+/m1/s1. The Labute approximate surface area is 307 Å². The molecule has 0 aliphatic carbocycles. The third-order valence-corrected chi connectivity index (χ3v) is 13.2. The van der Waals surface area contributed by atoms with Gasteiger partial charge in [-0.15, -0.1) is 5.10 Å². The third-order valence-electron chi connectivity index (χ3n) is 10.5. The van der Waals surface area contributed by atoms with Gasteiger partial charge < -0.3 is 23.6 Å². The zero-order valence-corrected chi connectivity index (χ0v) is 31.2. The topological polar surface area (TPSA) is 112 Å². The van der Waals surface area contributed by atoms with Crippen molar-refractivity contribution in [2.24, 2.45) is 5.92 Å². The number of rotatable bonds is 11. The summed E-state index contributed by atoms with van der Waals surface area (Å²) in [5, 5.41) is 19.3. The molecule has 1 unspecified atom stereocenters. The van der Waals surface area contributed by atoms with E-state index in [0.717, 1.165) is 11.1 Å². The van der Waals surface area contributed by atoms with Gasteiger partial charge in [0.2, 0.25) is 8.41 Å². The molecule has 0 bridgehead atoms. The average molecular weight is 742 g/mol. The minimum absolute atomic E-state index is 0.122. The number of fused-ring (bicyclic) bond motifs is 2. The van der Waals surface area contributed by atoms with Crippen LogP contribution in [-0.4, -0.2) is 58.8 Å². The molecule has 0 saturated carbocycles. The first-order chi connectivity index (χ1) is 25.0. The number of aromatic nitrogens is 4. The molecule has 1 N–H and O–H groups in total. The predicted octanol–water partition coefficient (Wildman–Crippen LogP) is 6.63. The summed E-state index contributed by atoms with van der Waals surface area (Å²) in [6.07, 6.45) is 3.29. The summed E-state index contributed by atoms with van der Waals surface area (Å²) in [6.45, 7) is 5.71. The normalized spacial score (nSPS) is 21.9. The molecule has 1 amide bonds. The molecule has 2 aliphatic heterocycles. The molecule has 7 rings (SSSR count). The van der Waals surface area contributed by atoms with E-state index in [0.29, 0.717) is 40.6 Å². The van der Waals surface area contributed by atoms with Crippen LogP contribution in [0.3, 0.4) is 0 Å². The van der Waals surface area contributed by atoms with E-state index in [-0.39, 0.29) is 36.3 Å². The lowest BCUT2D eigenvalue weighted by molar-refractivity contribution is -0.146. The van der Waals surface area contributed by atoms with Crippen molar-refractivity contribution in [1.29, 1.82) is 0 Å². The maximum absolute atomic E-state index is 16.4. The van der Waals surface area contributed by atoms with E-state index in [1.165, 1.54) is 11.7 Å². The van der Waals surface area contributed by atoms with Crippen LogP contribution in [0, 0.1) is 5.92 Å². The highest BCUT2D eigenvalue weighted by Crippen LogP contribution is 2.60. The largest absolute Gasteiger partial charge is 0.491 e. The lowest BCUT2D eigenvalue weighted by Crippen LogP contribution is -2.45. The SMILES string of the molecule is COc1cccn(-c2cccc(CN3C(=O)[C@@]4(O[C@@H](CCn5cc(C(CO)c6ccccc6)nn5)[C@H]([Si](C)(C)F)[C@H]4C)c4cc(Cl)ccc43)c2)c1=O. The second kappa shape index (κ2) is 14.1. The number of anilines is 1. The molecule has 5 aromatic rings. The maximum atomic E-state index is 16.4. The fourth-order valence-electron chi connectivity index (χ4n) is 8.16. The van der Waals surface area contributed by atoms with Crippen LogP contribution in [0.2, 0.25) is 23.7 Å². The number of aryl methyl sites for hydroxylation is 1. The van der Waals surface area contributed by atoms with Crippen molar-refractivity contribution in [1.82, 2.24) is 19.6 Å². The third kappa shape index (κ3) is 6.27. The van der Waals surface area contributed by atoms with Crippen molar-refractivity contribution in [2.75, 3.05) is 18.6 Å². The van der Waals surface area contributed by atoms with Crippen LogP contribution in [0.15, 0.2) is 102 Å². The van der Waals surface area contributed by atoms with E-state index >= 15 is 4.11 Å². The molecule has 52 heavy (non-hydrogen) atoms. The number of aliphatic hydroxyl groups is 1. The number of carbonyl (C=O) groups is 1. The predicted molar refractivity (Wildman–Crippen MR) is 199 cm³/mol. The number of carbonyl (C=O) groups excluding carboxylic acids is 1. The van der Waals surface area contributed by atoms with Crippen LogP contribution in [0.25, 0.3) is 5.69 Å². The number of ether oxygens (including phenoxy) is 2. The van der Waals surface area contributed by atoms with Crippen LogP contribution >= 0.6 is 11.6 Å². The molecule has 10 nitrogen and oxygen atoms in total. The van der Waals surface area contributed by atoms with Gasteiger partial charge in [0.25, 0.3) is 11.5 Å². The molecule has 5 atom stereocenters. The number of nitrogens with zero attached hydrogens (tertiary/aromatic N) is 5. The minimum Gasteiger partial charge on any atom is -0.491 e. The molecule has 13 heteroatoms. The molecule has 1 fully saturated rings. The molecule has 1 spiro atoms. The van der Waals surface area contributed by atoms with E-state index < -0.39 is 31.6 Å². The lowest BCUT2D eigenvalue weighted by atomic mass is 9.82.